The number of benzene rings is 2. The number of piperidine rings is 2. The first-order valence-electron chi connectivity index (χ1n) is 10.4. The average molecular weight is 379 g/mol. The SMILES string of the molecule is COc1cccc(C(=O)NC2CC3CCCC(C2)N3Cc2ccc(C)cc2)c1. The molecule has 4 rings (SSSR count). The Morgan fingerprint density at radius 2 is 1.82 bits per heavy atom. The molecule has 148 valence electrons. The molecule has 2 bridgehead atoms. The second-order valence-electron chi connectivity index (χ2n) is 8.27. The standard InChI is InChI=1S/C24H30N2O2/c1-17-9-11-18(12-10-17)16-26-21-6-4-7-22(26)15-20(14-21)25-24(27)19-5-3-8-23(13-19)28-2/h3,5,8-13,20-22H,4,6-7,14-16H2,1-2H3,(H,25,27). The molecular formula is C24H30N2O2. The molecule has 0 radical (unpaired) electrons. The van der Waals surface area contributed by atoms with E-state index < -0.39 is 0 Å². The maximum Gasteiger partial charge on any atom is 0.251 e. The molecule has 0 aromatic heterocycles. The van der Waals surface area contributed by atoms with E-state index in [0.29, 0.717) is 17.6 Å². The van der Waals surface area contributed by atoms with E-state index in [-0.39, 0.29) is 11.9 Å². The average Bonchev–Trinajstić information content (AvgIpc) is 2.70. The summed E-state index contributed by atoms with van der Waals surface area (Å²) in [7, 11) is 1.63. The molecule has 2 aliphatic rings. The van der Waals surface area contributed by atoms with Crippen molar-refractivity contribution in [3.63, 3.8) is 0 Å². The number of amides is 1. The van der Waals surface area contributed by atoms with Gasteiger partial charge >= 0.3 is 0 Å². The van der Waals surface area contributed by atoms with E-state index in [9.17, 15) is 4.79 Å². The zero-order chi connectivity index (χ0) is 19.5. The molecule has 0 saturated carbocycles. The lowest BCUT2D eigenvalue weighted by atomic mass is 9.81. The number of carbonyl (C=O) groups is 1. The van der Waals surface area contributed by atoms with Gasteiger partial charge in [-0.15, -0.1) is 0 Å². The first-order valence-corrected chi connectivity index (χ1v) is 10.4. The minimum absolute atomic E-state index is 0.00829. The van der Waals surface area contributed by atoms with Gasteiger partial charge in [-0.1, -0.05) is 42.3 Å². The number of rotatable bonds is 5. The molecule has 1 amide bonds. The zero-order valence-electron chi connectivity index (χ0n) is 16.9. The van der Waals surface area contributed by atoms with E-state index in [1.165, 1.54) is 30.4 Å². The molecule has 2 atom stereocenters. The van der Waals surface area contributed by atoms with Crippen LogP contribution in [0.25, 0.3) is 0 Å². The highest BCUT2D eigenvalue weighted by atomic mass is 16.5. The zero-order valence-corrected chi connectivity index (χ0v) is 16.9. The maximum absolute atomic E-state index is 12.7. The molecule has 4 nitrogen and oxygen atoms in total. The third-order valence-corrected chi connectivity index (χ3v) is 6.28. The monoisotopic (exact) mass is 378 g/mol. The highest BCUT2D eigenvalue weighted by Gasteiger charge is 2.38. The van der Waals surface area contributed by atoms with Crippen LogP contribution >= 0.6 is 0 Å². The van der Waals surface area contributed by atoms with E-state index in [2.05, 4.69) is 41.4 Å². The smallest absolute Gasteiger partial charge is 0.251 e. The highest BCUT2D eigenvalue weighted by molar-refractivity contribution is 5.94. The normalized spacial score (nSPS) is 24.6. The van der Waals surface area contributed by atoms with Gasteiger partial charge < -0.3 is 10.1 Å². The number of nitrogens with one attached hydrogen (secondary N) is 1. The molecule has 2 heterocycles. The Hall–Kier alpha value is -2.33. The lowest BCUT2D eigenvalue weighted by Crippen LogP contribution is -2.56. The molecule has 0 aliphatic carbocycles. The van der Waals surface area contributed by atoms with Gasteiger partial charge in [-0.2, -0.15) is 0 Å². The summed E-state index contributed by atoms with van der Waals surface area (Å²) in [5.74, 6) is 0.728. The van der Waals surface area contributed by atoms with Gasteiger partial charge in [0.2, 0.25) is 0 Å². The minimum Gasteiger partial charge on any atom is -0.497 e. The lowest BCUT2D eigenvalue weighted by molar-refractivity contribution is 0.0177. The van der Waals surface area contributed by atoms with E-state index in [1.54, 1.807) is 7.11 Å². The topological polar surface area (TPSA) is 41.6 Å². The second-order valence-corrected chi connectivity index (χ2v) is 8.27. The highest BCUT2D eigenvalue weighted by Crippen LogP contribution is 2.35. The van der Waals surface area contributed by atoms with Gasteiger partial charge in [0.25, 0.3) is 5.91 Å². The molecule has 2 aromatic rings. The van der Waals surface area contributed by atoms with Crippen LogP contribution in [0.15, 0.2) is 48.5 Å². The Bertz CT molecular complexity index is 804. The Kier molecular flexibility index (Phi) is 5.67. The van der Waals surface area contributed by atoms with Gasteiger partial charge in [0.1, 0.15) is 5.75 Å². The van der Waals surface area contributed by atoms with E-state index >= 15 is 0 Å². The maximum atomic E-state index is 12.7. The van der Waals surface area contributed by atoms with Crippen molar-refractivity contribution in [1.29, 1.82) is 0 Å². The van der Waals surface area contributed by atoms with Crippen LogP contribution in [-0.2, 0) is 6.54 Å². The van der Waals surface area contributed by atoms with Gasteiger partial charge in [0.15, 0.2) is 0 Å². The lowest BCUT2D eigenvalue weighted by Gasteiger charge is -2.49. The Morgan fingerprint density at radius 3 is 2.50 bits per heavy atom. The van der Waals surface area contributed by atoms with Crippen LogP contribution in [0.4, 0.5) is 0 Å². The molecule has 2 aromatic carbocycles. The van der Waals surface area contributed by atoms with Gasteiger partial charge in [0.05, 0.1) is 7.11 Å². The molecule has 4 heteroatoms. The number of nitrogens with zero attached hydrogens (tertiary/aromatic N) is 1. The first-order chi connectivity index (χ1) is 13.6. The Balaban J connectivity index is 1.41. The number of hydrogen-bond donors (Lipinski definition) is 1. The van der Waals surface area contributed by atoms with Crippen LogP contribution < -0.4 is 10.1 Å². The van der Waals surface area contributed by atoms with Gasteiger partial charge in [-0.05, 0) is 56.4 Å². The van der Waals surface area contributed by atoms with Gasteiger partial charge in [0, 0.05) is 30.2 Å². The predicted octanol–water partition coefficient (Wildman–Crippen LogP) is 4.32. The molecule has 28 heavy (non-hydrogen) atoms. The van der Waals surface area contributed by atoms with Gasteiger partial charge in [-0.25, -0.2) is 0 Å². The number of methoxy groups -OCH3 is 1. The van der Waals surface area contributed by atoms with Crippen molar-refractivity contribution in [1.82, 2.24) is 10.2 Å². The van der Waals surface area contributed by atoms with Crippen LogP contribution in [0.5, 0.6) is 5.75 Å². The number of aryl methyl sites for hydroxylation is 1. The fourth-order valence-corrected chi connectivity index (χ4v) is 4.79. The van der Waals surface area contributed by atoms with Crippen LogP contribution in [0.1, 0.15) is 53.6 Å². The first kappa shape index (κ1) is 19.0. The van der Waals surface area contributed by atoms with E-state index in [1.807, 2.05) is 24.3 Å². The van der Waals surface area contributed by atoms with Crippen molar-refractivity contribution < 1.29 is 9.53 Å². The summed E-state index contributed by atoms with van der Waals surface area (Å²) >= 11 is 0. The van der Waals surface area contributed by atoms with Crippen LogP contribution in [0.3, 0.4) is 0 Å². The predicted molar refractivity (Wildman–Crippen MR) is 112 cm³/mol. The van der Waals surface area contributed by atoms with Crippen molar-refractivity contribution in [2.45, 2.75) is 63.7 Å². The minimum atomic E-state index is 0.00829. The number of fused-ring (bicyclic) bond motifs is 2. The third kappa shape index (κ3) is 4.22. The van der Waals surface area contributed by atoms with Crippen molar-refractivity contribution in [3.8, 4) is 5.75 Å². The number of ether oxygens (including phenoxy) is 1. The third-order valence-electron chi connectivity index (χ3n) is 6.28. The summed E-state index contributed by atoms with van der Waals surface area (Å²) < 4.78 is 5.25. The van der Waals surface area contributed by atoms with Crippen molar-refractivity contribution in [3.05, 3.63) is 65.2 Å². The molecule has 2 saturated heterocycles. The van der Waals surface area contributed by atoms with Crippen LogP contribution in [0.2, 0.25) is 0 Å². The molecule has 2 fully saturated rings. The second kappa shape index (κ2) is 8.36. The van der Waals surface area contributed by atoms with E-state index in [0.717, 1.165) is 25.1 Å². The van der Waals surface area contributed by atoms with Crippen molar-refractivity contribution in [2.24, 2.45) is 0 Å². The quantitative estimate of drug-likeness (QED) is 0.842. The fourth-order valence-electron chi connectivity index (χ4n) is 4.79. The molecule has 1 N–H and O–H groups in total. The molecule has 0 spiro atoms. The molecule has 2 aliphatic heterocycles. The summed E-state index contributed by atoms with van der Waals surface area (Å²) in [6.45, 7) is 3.15. The largest absolute Gasteiger partial charge is 0.497 e. The Labute approximate surface area is 167 Å². The summed E-state index contributed by atoms with van der Waals surface area (Å²) in [5, 5.41) is 3.29. The van der Waals surface area contributed by atoms with Crippen LogP contribution in [-0.4, -0.2) is 36.0 Å². The molecule has 2 unspecified atom stereocenters. The number of carbonyl (C=O) groups excluding carboxylic acids is 1. The summed E-state index contributed by atoms with van der Waals surface area (Å²) in [6, 6.07) is 17.7. The van der Waals surface area contributed by atoms with Crippen LogP contribution in [0, 0.1) is 6.92 Å². The summed E-state index contributed by atoms with van der Waals surface area (Å²) in [4.78, 5) is 15.4. The van der Waals surface area contributed by atoms with Crippen molar-refractivity contribution >= 4 is 5.91 Å². The fraction of sp³-hybridized carbons (Fsp3) is 0.458. The van der Waals surface area contributed by atoms with E-state index in [4.69, 9.17) is 4.74 Å². The van der Waals surface area contributed by atoms with Crippen molar-refractivity contribution in [2.75, 3.05) is 7.11 Å². The van der Waals surface area contributed by atoms with Gasteiger partial charge in [-0.3, -0.25) is 9.69 Å². The summed E-state index contributed by atoms with van der Waals surface area (Å²) in [5.41, 5.74) is 3.37. The number of hydrogen-bond acceptors (Lipinski definition) is 3. The Morgan fingerprint density at radius 1 is 1.11 bits per heavy atom. The summed E-state index contributed by atoms with van der Waals surface area (Å²) in [6.07, 6.45) is 5.84. The molecular weight excluding hydrogens is 348 g/mol.